The molecule has 144 valence electrons. The number of aromatic amines is 1. The lowest BCUT2D eigenvalue weighted by molar-refractivity contribution is -0.114. The van der Waals surface area contributed by atoms with Crippen LogP contribution < -0.4 is 15.8 Å². The van der Waals surface area contributed by atoms with Crippen molar-refractivity contribution < 1.29 is 9.59 Å². The van der Waals surface area contributed by atoms with Gasteiger partial charge in [0.15, 0.2) is 11.2 Å². The number of rotatable bonds is 3. The molecular formula is C20H16N6O3. The minimum Gasteiger partial charge on any atom is -0.296 e. The van der Waals surface area contributed by atoms with Crippen LogP contribution in [0.5, 0.6) is 0 Å². The first kappa shape index (κ1) is 18.1. The third-order valence-electron chi connectivity index (χ3n) is 4.13. The molecule has 2 N–H and O–H groups in total. The lowest BCUT2D eigenvalue weighted by Crippen LogP contribution is -2.30. The molecule has 0 unspecified atom stereocenters. The van der Waals surface area contributed by atoms with Crippen molar-refractivity contribution in [2.24, 2.45) is 0 Å². The van der Waals surface area contributed by atoms with E-state index in [1.807, 2.05) is 36.4 Å². The molecule has 2 aromatic carbocycles. The van der Waals surface area contributed by atoms with Crippen molar-refractivity contribution in [3.63, 3.8) is 0 Å². The summed E-state index contributed by atoms with van der Waals surface area (Å²) in [4.78, 5) is 49.2. The van der Waals surface area contributed by atoms with E-state index in [0.717, 1.165) is 0 Å². The van der Waals surface area contributed by atoms with Gasteiger partial charge in [-0.25, -0.2) is 14.3 Å². The summed E-state index contributed by atoms with van der Waals surface area (Å²) in [6.07, 6.45) is 1.24. The first-order valence-electron chi connectivity index (χ1n) is 8.74. The Morgan fingerprint density at radius 2 is 1.59 bits per heavy atom. The SMILES string of the molecule is CC(=O)Nc1nc2c(ncn2C(=O)N(c2ccccc2)c2ccccc2)c(=O)[nH]1. The maximum Gasteiger partial charge on any atom is 0.340 e. The summed E-state index contributed by atoms with van der Waals surface area (Å²) in [5, 5.41) is 2.41. The summed E-state index contributed by atoms with van der Waals surface area (Å²) in [7, 11) is 0. The molecule has 9 nitrogen and oxygen atoms in total. The highest BCUT2D eigenvalue weighted by Gasteiger charge is 2.23. The zero-order valence-electron chi connectivity index (χ0n) is 15.4. The van der Waals surface area contributed by atoms with Crippen LogP contribution in [0.25, 0.3) is 11.2 Å². The summed E-state index contributed by atoms with van der Waals surface area (Å²) < 4.78 is 1.18. The van der Waals surface area contributed by atoms with E-state index in [4.69, 9.17) is 0 Å². The number of H-pyrrole nitrogens is 1. The third-order valence-corrected chi connectivity index (χ3v) is 4.13. The molecule has 29 heavy (non-hydrogen) atoms. The summed E-state index contributed by atoms with van der Waals surface area (Å²) in [5.74, 6) is -0.462. The van der Waals surface area contributed by atoms with Gasteiger partial charge in [0.05, 0.1) is 11.4 Å². The summed E-state index contributed by atoms with van der Waals surface area (Å²) in [6.45, 7) is 1.29. The molecule has 0 saturated heterocycles. The highest BCUT2D eigenvalue weighted by molar-refractivity contribution is 6.03. The number of imidazole rings is 1. The van der Waals surface area contributed by atoms with E-state index in [9.17, 15) is 14.4 Å². The van der Waals surface area contributed by atoms with E-state index in [1.165, 1.54) is 22.7 Å². The summed E-state index contributed by atoms with van der Waals surface area (Å²) >= 11 is 0. The van der Waals surface area contributed by atoms with Gasteiger partial charge in [0.2, 0.25) is 11.9 Å². The van der Waals surface area contributed by atoms with Crippen LogP contribution >= 0.6 is 0 Å². The molecule has 0 bridgehead atoms. The van der Waals surface area contributed by atoms with Crippen LogP contribution in [0.2, 0.25) is 0 Å². The van der Waals surface area contributed by atoms with Crippen molar-refractivity contribution in [3.8, 4) is 0 Å². The van der Waals surface area contributed by atoms with Gasteiger partial charge in [-0.2, -0.15) is 4.98 Å². The summed E-state index contributed by atoms with van der Waals surface area (Å²) in [5.41, 5.74) is 0.749. The normalized spacial score (nSPS) is 10.7. The van der Waals surface area contributed by atoms with Crippen LogP contribution in [0.1, 0.15) is 6.92 Å². The van der Waals surface area contributed by atoms with Crippen molar-refractivity contribution in [2.75, 3.05) is 10.2 Å². The average molecular weight is 388 g/mol. The molecule has 0 aliphatic rings. The van der Waals surface area contributed by atoms with Gasteiger partial charge >= 0.3 is 6.03 Å². The van der Waals surface area contributed by atoms with Crippen LogP contribution in [0, 0.1) is 0 Å². The van der Waals surface area contributed by atoms with E-state index in [1.54, 1.807) is 24.3 Å². The first-order valence-corrected chi connectivity index (χ1v) is 8.74. The number of carbonyl (C=O) groups excluding carboxylic acids is 2. The topological polar surface area (TPSA) is 113 Å². The van der Waals surface area contributed by atoms with Gasteiger partial charge in [0.25, 0.3) is 5.56 Å². The number of anilines is 3. The van der Waals surface area contributed by atoms with E-state index in [-0.39, 0.29) is 17.1 Å². The molecule has 4 aromatic rings. The van der Waals surface area contributed by atoms with Crippen molar-refractivity contribution in [1.29, 1.82) is 0 Å². The van der Waals surface area contributed by atoms with Gasteiger partial charge in [-0.1, -0.05) is 36.4 Å². The number of hydrogen-bond acceptors (Lipinski definition) is 5. The molecule has 2 amide bonds. The Hall–Kier alpha value is -4.27. The van der Waals surface area contributed by atoms with Gasteiger partial charge in [-0.15, -0.1) is 0 Å². The van der Waals surface area contributed by atoms with Crippen LogP contribution in [-0.4, -0.2) is 31.5 Å². The Labute approximate surface area is 164 Å². The molecule has 4 rings (SSSR count). The Bertz CT molecular complexity index is 1210. The molecule has 0 aliphatic carbocycles. The van der Waals surface area contributed by atoms with E-state index >= 15 is 0 Å². The van der Waals surface area contributed by atoms with E-state index in [2.05, 4.69) is 20.3 Å². The molecule has 0 saturated carbocycles. The quantitative estimate of drug-likeness (QED) is 0.560. The van der Waals surface area contributed by atoms with E-state index in [0.29, 0.717) is 11.4 Å². The van der Waals surface area contributed by atoms with Crippen molar-refractivity contribution >= 4 is 40.4 Å². The van der Waals surface area contributed by atoms with Crippen molar-refractivity contribution in [2.45, 2.75) is 6.92 Å². The van der Waals surface area contributed by atoms with Gasteiger partial charge in [-0.05, 0) is 24.3 Å². The predicted molar refractivity (Wildman–Crippen MR) is 108 cm³/mol. The Kier molecular flexibility index (Phi) is 4.62. The number of nitrogens with one attached hydrogen (secondary N) is 2. The number of aromatic nitrogens is 4. The molecule has 2 aromatic heterocycles. The van der Waals surface area contributed by atoms with Crippen LogP contribution in [0.15, 0.2) is 71.8 Å². The molecule has 0 atom stereocenters. The number of fused-ring (bicyclic) bond motifs is 1. The Morgan fingerprint density at radius 1 is 1.00 bits per heavy atom. The van der Waals surface area contributed by atoms with Gasteiger partial charge in [-0.3, -0.25) is 24.8 Å². The maximum absolute atomic E-state index is 13.5. The molecular weight excluding hydrogens is 372 g/mol. The lowest BCUT2D eigenvalue weighted by Gasteiger charge is -2.23. The van der Waals surface area contributed by atoms with Crippen molar-refractivity contribution in [3.05, 3.63) is 77.3 Å². The second kappa shape index (κ2) is 7.39. The number of benzene rings is 2. The maximum atomic E-state index is 13.5. The number of nitrogens with zero attached hydrogens (tertiary/aromatic N) is 4. The number of amides is 2. The van der Waals surface area contributed by atoms with Gasteiger partial charge in [0, 0.05) is 6.92 Å². The fourth-order valence-electron chi connectivity index (χ4n) is 2.91. The molecule has 0 aliphatic heterocycles. The number of carbonyl (C=O) groups is 2. The lowest BCUT2D eigenvalue weighted by atomic mass is 10.2. The van der Waals surface area contributed by atoms with Crippen LogP contribution in [0.4, 0.5) is 22.1 Å². The number of hydrogen-bond donors (Lipinski definition) is 2. The second-order valence-corrected chi connectivity index (χ2v) is 6.17. The molecule has 0 spiro atoms. The standard InChI is InChI=1S/C20H16N6O3/c1-13(27)22-19-23-17-16(18(28)24-19)21-12-25(17)20(29)26(14-8-4-2-5-9-14)15-10-6-3-7-11-15/h2-12H,1H3,(H2,22,23,24,27,28). The Balaban J connectivity index is 1.87. The highest BCUT2D eigenvalue weighted by Crippen LogP contribution is 2.26. The zero-order valence-corrected chi connectivity index (χ0v) is 15.4. The number of para-hydroxylation sites is 2. The largest absolute Gasteiger partial charge is 0.340 e. The summed E-state index contributed by atoms with van der Waals surface area (Å²) in [6, 6.07) is 17.7. The third kappa shape index (κ3) is 3.48. The fourth-order valence-corrected chi connectivity index (χ4v) is 2.91. The highest BCUT2D eigenvalue weighted by atomic mass is 16.2. The monoisotopic (exact) mass is 388 g/mol. The second-order valence-electron chi connectivity index (χ2n) is 6.17. The van der Waals surface area contributed by atoms with E-state index < -0.39 is 17.5 Å². The Morgan fingerprint density at radius 3 is 2.14 bits per heavy atom. The van der Waals surface area contributed by atoms with Crippen molar-refractivity contribution in [1.82, 2.24) is 19.5 Å². The fraction of sp³-hybridized carbons (Fsp3) is 0.0500. The first-order chi connectivity index (χ1) is 14.0. The minimum atomic E-state index is -0.559. The predicted octanol–water partition coefficient (Wildman–Crippen LogP) is 2.88. The van der Waals surface area contributed by atoms with Crippen LogP contribution in [-0.2, 0) is 4.79 Å². The average Bonchev–Trinajstić information content (AvgIpc) is 3.14. The van der Waals surface area contributed by atoms with Gasteiger partial charge < -0.3 is 0 Å². The molecule has 0 radical (unpaired) electrons. The molecule has 2 heterocycles. The molecule has 0 fully saturated rings. The van der Waals surface area contributed by atoms with Crippen LogP contribution in [0.3, 0.4) is 0 Å². The zero-order chi connectivity index (χ0) is 20.4. The van der Waals surface area contributed by atoms with Gasteiger partial charge in [0.1, 0.15) is 6.33 Å². The molecule has 9 heteroatoms. The smallest absolute Gasteiger partial charge is 0.296 e. The minimum absolute atomic E-state index is 0.00600.